The Hall–Kier alpha value is 0.130. The highest BCUT2D eigenvalue weighted by Gasteiger charge is 2.05. The number of rotatable bonds is 2. The summed E-state index contributed by atoms with van der Waals surface area (Å²) in [5.74, 6) is 0.611. The van der Waals surface area contributed by atoms with Crippen LogP contribution < -0.4 is 8.27 Å². The summed E-state index contributed by atoms with van der Waals surface area (Å²) in [5.41, 5.74) is 0.790. The molecule has 0 atom stereocenters. The molecule has 2 nitrogen and oxygen atoms in total. The number of anilines is 1. The van der Waals surface area contributed by atoms with Gasteiger partial charge in [-0.2, -0.15) is 0 Å². The maximum atomic E-state index is 5.85. The summed E-state index contributed by atoms with van der Waals surface area (Å²) in [6.45, 7) is 0. The van der Waals surface area contributed by atoms with Gasteiger partial charge in [0.15, 0.2) is 0 Å². The first-order valence-corrected chi connectivity index (χ1v) is 4.92. The van der Waals surface area contributed by atoms with E-state index >= 15 is 0 Å². The zero-order valence-electron chi connectivity index (χ0n) is 6.20. The summed E-state index contributed by atoms with van der Waals surface area (Å²) in [6.07, 6.45) is 0. The van der Waals surface area contributed by atoms with Gasteiger partial charge in [0.1, 0.15) is 5.75 Å². The topological polar surface area (TPSA) is 21.3 Å². The van der Waals surface area contributed by atoms with Gasteiger partial charge in [0, 0.05) is 6.07 Å². The normalized spacial score (nSPS) is 9.67. The molecule has 0 fully saturated rings. The van der Waals surface area contributed by atoms with Gasteiger partial charge in [-0.15, -0.1) is 0 Å². The second-order valence-corrected chi connectivity index (χ2v) is 3.41. The van der Waals surface area contributed by atoms with E-state index < -0.39 is 0 Å². The molecule has 12 heavy (non-hydrogen) atoms. The minimum Gasteiger partial charge on any atom is -0.495 e. The fourth-order valence-corrected chi connectivity index (χ4v) is 1.87. The first-order chi connectivity index (χ1) is 5.69. The molecule has 0 aliphatic carbocycles. The molecule has 1 aromatic rings. The number of hydrogen-bond acceptors (Lipinski definition) is 2. The van der Waals surface area contributed by atoms with Gasteiger partial charge in [0.05, 0.1) is 45.7 Å². The quantitative estimate of drug-likeness (QED) is 0.662. The van der Waals surface area contributed by atoms with Crippen LogP contribution in [0.1, 0.15) is 0 Å². The van der Waals surface area contributed by atoms with Crippen LogP contribution in [0.4, 0.5) is 5.69 Å². The van der Waals surface area contributed by atoms with Crippen LogP contribution in [-0.2, 0) is 0 Å². The minimum absolute atomic E-state index is 0.512. The third-order valence-corrected chi connectivity index (χ3v) is 2.53. The molecule has 0 amide bonds. The molecule has 0 aliphatic heterocycles. The van der Waals surface area contributed by atoms with E-state index in [1.165, 1.54) is 0 Å². The van der Waals surface area contributed by atoms with Gasteiger partial charge < -0.3 is 8.27 Å². The van der Waals surface area contributed by atoms with Crippen molar-refractivity contribution in [2.24, 2.45) is 0 Å². The monoisotopic (exact) mass is 317 g/mol. The number of methoxy groups -OCH3 is 1. The number of nitrogens with one attached hydrogen (secondary N) is 1. The van der Waals surface area contributed by atoms with E-state index in [1.54, 1.807) is 19.2 Å². The molecule has 0 aliphatic rings. The fourth-order valence-electron chi connectivity index (χ4n) is 0.758. The smallest absolute Gasteiger partial charge is 0.139 e. The molecule has 0 saturated carbocycles. The SMILES string of the molecule is COc1cc(NI)c(Cl)cc1Cl. The first-order valence-electron chi connectivity index (χ1n) is 3.08. The van der Waals surface area contributed by atoms with E-state index in [0.29, 0.717) is 15.8 Å². The Kier molecular flexibility index (Phi) is 3.74. The first kappa shape index (κ1) is 10.2. The summed E-state index contributed by atoms with van der Waals surface area (Å²) in [5, 5.41) is 1.09. The molecule has 0 saturated heterocycles. The van der Waals surface area contributed by atoms with Crippen molar-refractivity contribution in [2.45, 2.75) is 0 Å². The summed E-state index contributed by atoms with van der Waals surface area (Å²) in [4.78, 5) is 0. The summed E-state index contributed by atoms with van der Waals surface area (Å²) < 4.78 is 7.91. The molecule has 0 radical (unpaired) electrons. The molecular formula is C7H6Cl2INO. The van der Waals surface area contributed by atoms with Crippen molar-refractivity contribution < 1.29 is 4.74 Å². The van der Waals surface area contributed by atoms with E-state index in [-0.39, 0.29) is 0 Å². The molecule has 1 rings (SSSR count). The van der Waals surface area contributed by atoms with Crippen LogP contribution in [0.5, 0.6) is 5.75 Å². The molecule has 0 bridgehead atoms. The summed E-state index contributed by atoms with van der Waals surface area (Å²) >= 11 is 13.7. The highest BCUT2D eigenvalue weighted by Crippen LogP contribution is 2.34. The van der Waals surface area contributed by atoms with Crippen molar-refractivity contribution >= 4 is 51.8 Å². The maximum Gasteiger partial charge on any atom is 0.139 e. The molecule has 0 aromatic heterocycles. The maximum absolute atomic E-state index is 5.85. The minimum atomic E-state index is 0.512. The molecule has 0 unspecified atom stereocenters. The van der Waals surface area contributed by atoms with Gasteiger partial charge in [-0.05, 0) is 6.07 Å². The number of ether oxygens (including phenoxy) is 1. The fraction of sp³-hybridized carbons (Fsp3) is 0.143. The zero-order valence-corrected chi connectivity index (χ0v) is 9.87. The van der Waals surface area contributed by atoms with E-state index in [9.17, 15) is 0 Å². The highest BCUT2D eigenvalue weighted by atomic mass is 127. The van der Waals surface area contributed by atoms with Crippen molar-refractivity contribution in [2.75, 3.05) is 10.6 Å². The van der Waals surface area contributed by atoms with Crippen molar-refractivity contribution in [3.8, 4) is 5.75 Å². The molecule has 1 N–H and O–H groups in total. The Bertz CT molecular complexity index is 268. The Labute approximate surface area is 94.7 Å². The number of halogens is 3. The van der Waals surface area contributed by atoms with Gasteiger partial charge in [0.25, 0.3) is 0 Å². The van der Waals surface area contributed by atoms with Gasteiger partial charge in [0.2, 0.25) is 0 Å². The Balaban J connectivity index is 3.18. The zero-order chi connectivity index (χ0) is 9.14. The van der Waals surface area contributed by atoms with E-state index in [1.807, 2.05) is 22.9 Å². The lowest BCUT2D eigenvalue weighted by Gasteiger charge is -2.06. The number of hydrogen-bond donors (Lipinski definition) is 1. The lowest BCUT2D eigenvalue weighted by Crippen LogP contribution is -1.87. The third kappa shape index (κ3) is 2.08. The van der Waals surface area contributed by atoms with Gasteiger partial charge in [-0.25, -0.2) is 0 Å². The van der Waals surface area contributed by atoms with E-state index in [2.05, 4.69) is 3.53 Å². The summed E-state index contributed by atoms with van der Waals surface area (Å²) in [7, 11) is 1.56. The van der Waals surface area contributed by atoms with Crippen LogP contribution in [0.3, 0.4) is 0 Å². The second-order valence-electron chi connectivity index (χ2n) is 2.06. The van der Waals surface area contributed by atoms with Crippen LogP contribution in [0.15, 0.2) is 12.1 Å². The van der Waals surface area contributed by atoms with Crippen LogP contribution in [0.2, 0.25) is 10.0 Å². The molecule has 5 heteroatoms. The molecule has 1 aromatic carbocycles. The lowest BCUT2D eigenvalue weighted by atomic mass is 10.3. The van der Waals surface area contributed by atoms with Crippen LogP contribution >= 0.6 is 46.1 Å². The highest BCUT2D eigenvalue weighted by molar-refractivity contribution is 14.1. The second kappa shape index (κ2) is 4.39. The predicted octanol–water partition coefficient (Wildman–Crippen LogP) is 3.76. The molecule has 0 heterocycles. The van der Waals surface area contributed by atoms with Crippen molar-refractivity contribution in [1.82, 2.24) is 0 Å². The van der Waals surface area contributed by atoms with E-state index in [4.69, 9.17) is 27.9 Å². The molecule has 0 spiro atoms. The van der Waals surface area contributed by atoms with Crippen LogP contribution in [0, 0.1) is 0 Å². The Morgan fingerprint density at radius 2 is 2.00 bits per heavy atom. The van der Waals surface area contributed by atoms with Crippen molar-refractivity contribution in [1.29, 1.82) is 0 Å². The van der Waals surface area contributed by atoms with Gasteiger partial charge in [-0.3, -0.25) is 0 Å². The predicted molar refractivity (Wildman–Crippen MR) is 60.7 cm³/mol. The molecular weight excluding hydrogens is 312 g/mol. The Morgan fingerprint density at radius 3 is 2.50 bits per heavy atom. The average molecular weight is 318 g/mol. The van der Waals surface area contributed by atoms with E-state index in [0.717, 1.165) is 5.69 Å². The standard InChI is InChI=1S/C7H6Cl2INO/c1-12-7-3-6(11-10)4(8)2-5(7)9/h2-3,11H,1H3. The van der Waals surface area contributed by atoms with Crippen molar-refractivity contribution in [3.05, 3.63) is 22.2 Å². The number of benzene rings is 1. The Morgan fingerprint density at radius 1 is 1.33 bits per heavy atom. The van der Waals surface area contributed by atoms with Crippen LogP contribution in [0.25, 0.3) is 0 Å². The van der Waals surface area contributed by atoms with Gasteiger partial charge in [-0.1, -0.05) is 23.2 Å². The van der Waals surface area contributed by atoms with Crippen LogP contribution in [-0.4, -0.2) is 7.11 Å². The largest absolute Gasteiger partial charge is 0.495 e. The third-order valence-electron chi connectivity index (χ3n) is 1.34. The lowest BCUT2D eigenvalue weighted by molar-refractivity contribution is 0.415. The molecule has 66 valence electrons. The summed E-state index contributed by atoms with van der Waals surface area (Å²) in [6, 6.07) is 3.39. The van der Waals surface area contributed by atoms with Gasteiger partial charge >= 0.3 is 0 Å². The average Bonchev–Trinajstić information content (AvgIpc) is 2.05. The van der Waals surface area contributed by atoms with Crippen molar-refractivity contribution in [3.63, 3.8) is 0 Å².